The molecule has 0 unspecified atom stereocenters. The summed E-state index contributed by atoms with van der Waals surface area (Å²) in [6, 6.07) is 21.7. The molecule has 1 aromatic heterocycles. The predicted octanol–water partition coefficient (Wildman–Crippen LogP) is 3.94. The fourth-order valence-corrected chi connectivity index (χ4v) is 3.85. The zero-order valence-corrected chi connectivity index (χ0v) is 16.1. The third kappa shape index (κ3) is 2.99. The molecule has 0 saturated carbocycles. The topological polar surface area (TPSA) is 47.2 Å². The van der Waals surface area contributed by atoms with Crippen molar-refractivity contribution < 1.29 is 4.79 Å². The van der Waals surface area contributed by atoms with Crippen molar-refractivity contribution in [2.24, 2.45) is 7.05 Å². The van der Waals surface area contributed by atoms with Crippen LogP contribution in [-0.4, -0.2) is 21.6 Å². The summed E-state index contributed by atoms with van der Waals surface area (Å²) in [5.41, 5.74) is 2.55. The number of imidazole rings is 1. The number of hydrogen-bond acceptors (Lipinski definition) is 2. The van der Waals surface area contributed by atoms with E-state index in [4.69, 9.17) is 0 Å². The predicted molar refractivity (Wildman–Crippen MR) is 114 cm³/mol. The summed E-state index contributed by atoms with van der Waals surface area (Å²) in [5, 5.41) is 2.17. The number of carbonyl (C=O) groups excluding carboxylic acids is 1. The molecule has 1 amide bonds. The first kappa shape index (κ1) is 18.0. The summed E-state index contributed by atoms with van der Waals surface area (Å²) in [6.07, 6.45) is 0.269. The molecule has 0 aliphatic rings. The first-order chi connectivity index (χ1) is 13.6. The minimum absolute atomic E-state index is 0.0127. The highest BCUT2D eigenvalue weighted by Gasteiger charge is 2.18. The van der Waals surface area contributed by atoms with Gasteiger partial charge < -0.3 is 4.90 Å². The molecule has 3 aromatic carbocycles. The Bertz CT molecular complexity index is 1210. The molecule has 0 aliphatic heterocycles. The molecule has 0 N–H and O–H groups in total. The number of nitrogens with zero attached hydrogens (tertiary/aromatic N) is 3. The molecule has 0 spiro atoms. The van der Waals surface area contributed by atoms with Crippen LogP contribution in [0.5, 0.6) is 0 Å². The summed E-state index contributed by atoms with van der Waals surface area (Å²) >= 11 is 0. The molecule has 4 aromatic rings. The fourth-order valence-electron chi connectivity index (χ4n) is 3.85. The highest BCUT2D eigenvalue weighted by atomic mass is 16.2. The Morgan fingerprint density at radius 1 is 0.929 bits per heavy atom. The molecule has 0 bridgehead atoms. The van der Waals surface area contributed by atoms with Crippen molar-refractivity contribution in [1.29, 1.82) is 0 Å². The van der Waals surface area contributed by atoms with E-state index >= 15 is 0 Å². The first-order valence-corrected chi connectivity index (χ1v) is 9.54. The lowest BCUT2D eigenvalue weighted by Gasteiger charge is -2.23. The minimum Gasteiger partial charge on any atom is -0.312 e. The Labute approximate surface area is 163 Å². The fraction of sp³-hybridized carbons (Fsp3) is 0.217. The van der Waals surface area contributed by atoms with E-state index in [1.165, 1.54) is 0 Å². The molecule has 28 heavy (non-hydrogen) atoms. The van der Waals surface area contributed by atoms with Crippen LogP contribution in [0.15, 0.2) is 71.5 Å². The van der Waals surface area contributed by atoms with E-state index in [2.05, 4.69) is 0 Å². The van der Waals surface area contributed by atoms with Crippen LogP contribution in [0, 0.1) is 0 Å². The molecule has 1 heterocycles. The van der Waals surface area contributed by atoms with E-state index in [-0.39, 0.29) is 18.0 Å². The molecule has 142 valence electrons. The number of rotatable bonds is 5. The average Bonchev–Trinajstić information content (AvgIpc) is 2.97. The number of amides is 1. The second-order valence-electron chi connectivity index (χ2n) is 6.87. The number of para-hydroxylation sites is 2. The maximum Gasteiger partial charge on any atom is 0.328 e. The maximum absolute atomic E-state index is 13.0. The number of carbonyl (C=O) groups is 1. The largest absolute Gasteiger partial charge is 0.328 e. The highest BCUT2D eigenvalue weighted by molar-refractivity contribution is 6.03. The van der Waals surface area contributed by atoms with Crippen molar-refractivity contribution in [3.05, 3.63) is 77.2 Å². The molecule has 0 atom stereocenters. The summed E-state index contributed by atoms with van der Waals surface area (Å²) < 4.78 is 3.31. The van der Waals surface area contributed by atoms with Crippen LogP contribution in [0.25, 0.3) is 21.8 Å². The van der Waals surface area contributed by atoms with Gasteiger partial charge in [0.1, 0.15) is 0 Å². The van der Waals surface area contributed by atoms with E-state index < -0.39 is 0 Å². The second kappa shape index (κ2) is 7.35. The normalized spacial score (nSPS) is 11.2. The van der Waals surface area contributed by atoms with Gasteiger partial charge in [-0.2, -0.15) is 0 Å². The standard InChI is InChI=1S/C23H23N3O2/c1-3-25(19-14-8-10-17-9-4-5-11-18(17)19)22(27)15-16-26-21-13-7-6-12-20(21)24(2)23(26)28/h4-14H,3,15-16H2,1-2H3. The Morgan fingerprint density at radius 2 is 1.61 bits per heavy atom. The van der Waals surface area contributed by atoms with Gasteiger partial charge in [-0.3, -0.25) is 13.9 Å². The number of aryl methyl sites for hydroxylation is 2. The lowest BCUT2D eigenvalue weighted by atomic mass is 10.1. The van der Waals surface area contributed by atoms with Gasteiger partial charge in [0.15, 0.2) is 0 Å². The van der Waals surface area contributed by atoms with Gasteiger partial charge in [0.2, 0.25) is 5.91 Å². The third-order valence-corrected chi connectivity index (χ3v) is 5.28. The van der Waals surface area contributed by atoms with Gasteiger partial charge in [0.05, 0.1) is 16.7 Å². The smallest absolute Gasteiger partial charge is 0.312 e. The van der Waals surface area contributed by atoms with Gasteiger partial charge in [-0.1, -0.05) is 48.5 Å². The van der Waals surface area contributed by atoms with Crippen LogP contribution in [-0.2, 0) is 18.4 Å². The molecule has 0 fully saturated rings. The zero-order valence-electron chi connectivity index (χ0n) is 16.1. The first-order valence-electron chi connectivity index (χ1n) is 9.54. The summed E-state index contributed by atoms with van der Waals surface area (Å²) in [5.74, 6) is 0.0127. The highest BCUT2D eigenvalue weighted by Crippen LogP contribution is 2.27. The Hall–Kier alpha value is -3.34. The molecular weight excluding hydrogens is 350 g/mol. The molecule has 4 rings (SSSR count). The van der Waals surface area contributed by atoms with Gasteiger partial charge in [-0.25, -0.2) is 4.79 Å². The lowest BCUT2D eigenvalue weighted by Crippen LogP contribution is -2.32. The Morgan fingerprint density at radius 3 is 2.39 bits per heavy atom. The maximum atomic E-state index is 13.0. The molecule has 5 heteroatoms. The van der Waals surface area contributed by atoms with E-state index in [0.29, 0.717) is 13.1 Å². The van der Waals surface area contributed by atoms with E-state index in [1.807, 2.05) is 73.7 Å². The van der Waals surface area contributed by atoms with Gasteiger partial charge in [-0.15, -0.1) is 0 Å². The van der Waals surface area contributed by atoms with Crippen molar-refractivity contribution in [1.82, 2.24) is 9.13 Å². The monoisotopic (exact) mass is 373 g/mol. The summed E-state index contributed by atoms with van der Waals surface area (Å²) in [7, 11) is 1.76. The van der Waals surface area contributed by atoms with Gasteiger partial charge >= 0.3 is 5.69 Å². The van der Waals surface area contributed by atoms with E-state index in [9.17, 15) is 9.59 Å². The molecule has 0 aliphatic carbocycles. The lowest BCUT2D eigenvalue weighted by molar-refractivity contribution is -0.118. The number of anilines is 1. The molecule has 5 nitrogen and oxygen atoms in total. The van der Waals surface area contributed by atoms with Crippen molar-refractivity contribution >= 4 is 33.4 Å². The van der Waals surface area contributed by atoms with Gasteiger partial charge in [-0.05, 0) is 30.5 Å². The van der Waals surface area contributed by atoms with Crippen LogP contribution < -0.4 is 10.6 Å². The number of fused-ring (bicyclic) bond motifs is 2. The molecule has 0 saturated heterocycles. The van der Waals surface area contributed by atoms with Crippen molar-refractivity contribution in [3.8, 4) is 0 Å². The molecule has 0 radical (unpaired) electrons. The van der Waals surface area contributed by atoms with Crippen molar-refractivity contribution in [2.75, 3.05) is 11.4 Å². The summed E-state index contributed by atoms with van der Waals surface area (Å²) in [4.78, 5) is 27.4. The quantitative estimate of drug-likeness (QED) is 0.532. The zero-order chi connectivity index (χ0) is 19.7. The average molecular weight is 373 g/mol. The van der Waals surface area contributed by atoms with Crippen LogP contribution in [0.3, 0.4) is 0 Å². The second-order valence-corrected chi connectivity index (χ2v) is 6.87. The summed E-state index contributed by atoms with van der Waals surface area (Å²) in [6.45, 7) is 2.92. The van der Waals surface area contributed by atoms with Crippen LogP contribution in [0.1, 0.15) is 13.3 Å². The van der Waals surface area contributed by atoms with Crippen molar-refractivity contribution in [2.45, 2.75) is 19.9 Å². The number of benzene rings is 3. The number of hydrogen-bond donors (Lipinski definition) is 0. The third-order valence-electron chi connectivity index (χ3n) is 5.28. The molecular formula is C23H23N3O2. The van der Waals surface area contributed by atoms with Crippen LogP contribution >= 0.6 is 0 Å². The Balaban J connectivity index is 1.63. The van der Waals surface area contributed by atoms with Crippen LogP contribution in [0.2, 0.25) is 0 Å². The van der Waals surface area contributed by atoms with Gasteiger partial charge in [0, 0.05) is 31.9 Å². The number of aromatic nitrogens is 2. The Kier molecular flexibility index (Phi) is 4.74. The van der Waals surface area contributed by atoms with Gasteiger partial charge in [0.25, 0.3) is 0 Å². The van der Waals surface area contributed by atoms with Crippen molar-refractivity contribution in [3.63, 3.8) is 0 Å². The van der Waals surface area contributed by atoms with E-state index in [0.717, 1.165) is 27.5 Å². The van der Waals surface area contributed by atoms with Crippen LogP contribution in [0.4, 0.5) is 5.69 Å². The minimum atomic E-state index is -0.0952. The SMILES string of the molecule is CCN(C(=O)CCn1c(=O)n(C)c2ccccc21)c1cccc2ccccc12. The van der Waals surface area contributed by atoms with E-state index in [1.54, 1.807) is 21.1 Å².